The van der Waals surface area contributed by atoms with E-state index in [1.165, 1.54) is 18.2 Å². The summed E-state index contributed by atoms with van der Waals surface area (Å²) in [7, 11) is 0. The van der Waals surface area contributed by atoms with Crippen LogP contribution in [0.5, 0.6) is 0 Å². The molecule has 3 nitrogen and oxygen atoms in total. The summed E-state index contributed by atoms with van der Waals surface area (Å²) >= 11 is 0. The fourth-order valence-corrected chi connectivity index (χ4v) is 1.79. The van der Waals surface area contributed by atoms with E-state index in [4.69, 9.17) is 5.73 Å². The predicted molar refractivity (Wildman–Crippen MR) is 65.3 cm³/mol. The molecule has 0 saturated carbocycles. The summed E-state index contributed by atoms with van der Waals surface area (Å²) in [5.41, 5.74) is 6.23. The maximum Gasteiger partial charge on any atom is 0.311 e. The average Bonchev–Trinajstić information content (AvgIpc) is 2.17. The van der Waals surface area contributed by atoms with Crippen LogP contribution in [0.1, 0.15) is 38.7 Å². The van der Waals surface area contributed by atoms with Gasteiger partial charge in [-0.2, -0.15) is 0 Å². The van der Waals surface area contributed by atoms with E-state index in [9.17, 15) is 14.3 Å². The molecular formula is C13H18FNO2. The number of halogens is 1. The highest BCUT2D eigenvalue weighted by Gasteiger charge is 2.27. The van der Waals surface area contributed by atoms with Gasteiger partial charge in [0.05, 0.1) is 5.92 Å². The third-order valence-electron chi connectivity index (χ3n) is 2.54. The number of carboxylic acids is 1. The van der Waals surface area contributed by atoms with E-state index in [2.05, 4.69) is 0 Å². The molecule has 1 unspecified atom stereocenters. The Morgan fingerprint density at radius 1 is 1.47 bits per heavy atom. The first-order valence-corrected chi connectivity index (χ1v) is 5.48. The lowest BCUT2D eigenvalue weighted by atomic mass is 9.81. The molecular weight excluding hydrogens is 221 g/mol. The Bertz CT molecular complexity index is 424. The molecule has 1 atom stereocenters. The standard InChI is InChI=1S/C13H18FNO2/c1-13(2,3)7-10(12(16)17)9-6-8(14)4-5-11(9)15/h4-6,10H,7,15H2,1-3H3,(H,16,17). The molecule has 94 valence electrons. The van der Waals surface area contributed by atoms with Crippen molar-refractivity contribution in [3.63, 3.8) is 0 Å². The van der Waals surface area contributed by atoms with Gasteiger partial charge in [0.2, 0.25) is 0 Å². The average molecular weight is 239 g/mol. The number of nitrogen functional groups attached to an aromatic ring is 1. The highest BCUT2D eigenvalue weighted by molar-refractivity contribution is 5.78. The smallest absolute Gasteiger partial charge is 0.311 e. The van der Waals surface area contributed by atoms with Gasteiger partial charge in [-0.25, -0.2) is 4.39 Å². The van der Waals surface area contributed by atoms with Gasteiger partial charge in [-0.05, 0) is 35.6 Å². The molecule has 0 fully saturated rings. The van der Waals surface area contributed by atoms with Crippen molar-refractivity contribution >= 4 is 11.7 Å². The SMILES string of the molecule is CC(C)(C)CC(C(=O)O)c1cc(F)ccc1N. The highest BCUT2D eigenvalue weighted by atomic mass is 19.1. The molecule has 4 heteroatoms. The van der Waals surface area contributed by atoms with Crippen LogP contribution in [-0.4, -0.2) is 11.1 Å². The van der Waals surface area contributed by atoms with Crippen LogP contribution >= 0.6 is 0 Å². The normalized spacial score (nSPS) is 13.4. The maximum atomic E-state index is 13.2. The number of carboxylic acid groups (broad SMARTS) is 1. The predicted octanol–water partition coefficient (Wildman–Crippen LogP) is 3.01. The Morgan fingerprint density at radius 3 is 2.53 bits per heavy atom. The molecule has 0 heterocycles. The number of aliphatic carboxylic acids is 1. The summed E-state index contributed by atoms with van der Waals surface area (Å²) in [6, 6.07) is 3.85. The summed E-state index contributed by atoms with van der Waals surface area (Å²) in [5, 5.41) is 9.23. The van der Waals surface area contributed by atoms with Crippen molar-refractivity contribution in [2.75, 3.05) is 5.73 Å². The lowest BCUT2D eigenvalue weighted by Gasteiger charge is -2.24. The molecule has 0 spiro atoms. The molecule has 17 heavy (non-hydrogen) atoms. The van der Waals surface area contributed by atoms with Gasteiger partial charge in [0.15, 0.2) is 0 Å². The van der Waals surface area contributed by atoms with Crippen molar-refractivity contribution in [1.82, 2.24) is 0 Å². The third kappa shape index (κ3) is 3.73. The van der Waals surface area contributed by atoms with E-state index >= 15 is 0 Å². The van der Waals surface area contributed by atoms with Crippen molar-refractivity contribution in [2.24, 2.45) is 5.41 Å². The number of carbonyl (C=O) groups is 1. The van der Waals surface area contributed by atoms with Gasteiger partial charge < -0.3 is 10.8 Å². The van der Waals surface area contributed by atoms with Gasteiger partial charge in [0.25, 0.3) is 0 Å². The van der Waals surface area contributed by atoms with E-state index < -0.39 is 17.7 Å². The molecule has 1 aromatic carbocycles. The monoisotopic (exact) mass is 239 g/mol. The second kappa shape index (κ2) is 4.73. The number of anilines is 1. The number of hydrogen-bond acceptors (Lipinski definition) is 2. The number of rotatable bonds is 3. The fraction of sp³-hybridized carbons (Fsp3) is 0.462. The summed E-state index contributed by atoms with van der Waals surface area (Å²) in [6.07, 6.45) is 0.413. The number of hydrogen-bond donors (Lipinski definition) is 2. The van der Waals surface area contributed by atoms with Crippen molar-refractivity contribution in [3.05, 3.63) is 29.6 Å². The van der Waals surface area contributed by atoms with E-state index in [0.29, 0.717) is 17.7 Å². The Balaban J connectivity index is 3.14. The summed E-state index contributed by atoms with van der Waals surface area (Å²) in [4.78, 5) is 11.3. The van der Waals surface area contributed by atoms with Crippen molar-refractivity contribution in [1.29, 1.82) is 0 Å². The molecule has 1 rings (SSSR count). The van der Waals surface area contributed by atoms with Crippen LogP contribution in [0.2, 0.25) is 0 Å². The summed E-state index contributed by atoms with van der Waals surface area (Å²) < 4.78 is 13.2. The van der Waals surface area contributed by atoms with Crippen molar-refractivity contribution in [3.8, 4) is 0 Å². The largest absolute Gasteiger partial charge is 0.481 e. The first-order valence-electron chi connectivity index (χ1n) is 5.48. The first kappa shape index (κ1) is 13.5. The molecule has 0 saturated heterocycles. The van der Waals surface area contributed by atoms with Gasteiger partial charge >= 0.3 is 5.97 Å². The topological polar surface area (TPSA) is 63.3 Å². The second-order valence-electron chi connectivity index (χ2n) is 5.43. The second-order valence-corrected chi connectivity index (χ2v) is 5.43. The van der Waals surface area contributed by atoms with Crippen LogP contribution in [0.25, 0.3) is 0 Å². The van der Waals surface area contributed by atoms with Crippen LogP contribution in [0.4, 0.5) is 10.1 Å². The quantitative estimate of drug-likeness (QED) is 0.797. The molecule has 0 amide bonds. The van der Waals surface area contributed by atoms with Gasteiger partial charge in [-0.15, -0.1) is 0 Å². The first-order chi connectivity index (χ1) is 7.70. The van der Waals surface area contributed by atoms with Gasteiger partial charge in [0.1, 0.15) is 5.82 Å². The Morgan fingerprint density at radius 2 is 2.06 bits per heavy atom. The minimum Gasteiger partial charge on any atom is -0.481 e. The van der Waals surface area contributed by atoms with E-state index in [0.717, 1.165) is 0 Å². The van der Waals surface area contributed by atoms with E-state index in [-0.39, 0.29) is 5.41 Å². The van der Waals surface area contributed by atoms with Crippen LogP contribution in [-0.2, 0) is 4.79 Å². The van der Waals surface area contributed by atoms with Gasteiger partial charge in [-0.3, -0.25) is 4.79 Å². The molecule has 0 bridgehead atoms. The van der Waals surface area contributed by atoms with Crippen LogP contribution in [0, 0.1) is 11.2 Å². The minimum atomic E-state index is -0.975. The lowest BCUT2D eigenvalue weighted by molar-refractivity contribution is -0.139. The number of nitrogens with two attached hydrogens (primary N) is 1. The Kier molecular flexibility index (Phi) is 3.76. The molecule has 0 aliphatic heterocycles. The zero-order valence-corrected chi connectivity index (χ0v) is 10.3. The summed E-state index contributed by atoms with van der Waals surface area (Å²) in [5.74, 6) is -2.21. The lowest BCUT2D eigenvalue weighted by Crippen LogP contribution is -2.20. The molecule has 0 aliphatic carbocycles. The molecule has 3 N–H and O–H groups in total. The molecule has 0 radical (unpaired) electrons. The minimum absolute atomic E-state index is 0.165. The Labute approximate surface area is 100 Å². The highest BCUT2D eigenvalue weighted by Crippen LogP contribution is 2.34. The Hall–Kier alpha value is -1.58. The van der Waals surface area contributed by atoms with E-state index in [1.807, 2.05) is 20.8 Å². The number of benzene rings is 1. The fourth-order valence-electron chi connectivity index (χ4n) is 1.79. The van der Waals surface area contributed by atoms with Crippen LogP contribution < -0.4 is 5.73 Å². The third-order valence-corrected chi connectivity index (χ3v) is 2.54. The van der Waals surface area contributed by atoms with E-state index in [1.54, 1.807) is 0 Å². The van der Waals surface area contributed by atoms with Crippen LogP contribution in [0.3, 0.4) is 0 Å². The zero-order valence-electron chi connectivity index (χ0n) is 10.3. The molecule has 0 aliphatic rings. The summed E-state index contributed by atoms with van der Waals surface area (Å²) in [6.45, 7) is 5.83. The zero-order chi connectivity index (χ0) is 13.2. The van der Waals surface area contributed by atoms with Gasteiger partial charge in [0, 0.05) is 5.69 Å². The molecule has 0 aromatic heterocycles. The van der Waals surface area contributed by atoms with Crippen LogP contribution in [0.15, 0.2) is 18.2 Å². The maximum absolute atomic E-state index is 13.2. The molecule has 1 aromatic rings. The van der Waals surface area contributed by atoms with Crippen molar-refractivity contribution < 1.29 is 14.3 Å². The van der Waals surface area contributed by atoms with Gasteiger partial charge in [-0.1, -0.05) is 20.8 Å². The van der Waals surface area contributed by atoms with Crippen molar-refractivity contribution in [2.45, 2.75) is 33.1 Å².